The van der Waals surface area contributed by atoms with Crippen LogP contribution < -0.4 is 26.7 Å². The lowest BCUT2D eigenvalue weighted by Crippen LogP contribution is -2.66. The summed E-state index contributed by atoms with van der Waals surface area (Å²) in [7, 11) is 2.09. The maximum atomic E-state index is 13.3. The Morgan fingerprint density at radius 2 is 1.91 bits per heavy atom. The van der Waals surface area contributed by atoms with Crippen LogP contribution in [0.4, 0.5) is 0 Å². The normalized spacial score (nSPS) is 47.9. The summed E-state index contributed by atoms with van der Waals surface area (Å²) in [6.07, 6.45) is 6.31. The van der Waals surface area contributed by atoms with Crippen molar-refractivity contribution in [3.05, 3.63) is 0 Å². The monoisotopic (exact) mass is 461 g/mol. The summed E-state index contributed by atoms with van der Waals surface area (Å²) >= 11 is 0. The van der Waals surface area contributed by atoms with Crippen LogP contribution in [-0.2, 0) is 9.53 Å². The van der Waals surface area contributed by atoms with Gasteiger partial charge in [-0.05, 0) is 38.5 Å². The number of rotatable bonds is 5. The second kappa shape index (κ2) is 8.69. The standard InChI is InChI=1S/C24H43N7O2/c1-3-33-19-8-18-16(11-30(2)29-18)7-17(19)22(32)28-20-9-27-21(10-26-20)31-14-23-5-4-6-24(23,15-31)13-25-12-23/h16-21,25-27,29H,3-15H2,1-2H3,(H,28,32). The third-order valence-corrected chi connectivity index (χ3v) is 9.92. The summed E-state index contributed by atoms with van der Waals surface area (Å²) in [6.45, 7) is 10.1. The molecule has 9 nitrogen and oxygen atoms in total. The van der Waals surface area contributed by atoms with E-state index >= 15 is 0 Å². The maximum Gasteiger partial charge on any atom is 0.227 e. The Kier molecular flexibility index (Phi) is 5.96. The van der Waals surface area contributed by atoms with Crippen molar-refractivity contribution in [2.75, 3.05) is 59.5 Å². The smallest absolute Gasteiger partial charge is 0.227 e. The second-order valence-electron chi connectivity index (χ2n) is 11.8. The first-order valence-electron chi connectivity index (χ1n) is 13.3. The van der Waals surface area contributed by atoms with Gasteiger partial charge in [0.1, 0.15) is 0 Å². The Morgan fingerprint density at radius 1 is 1.12 bits per heavy atom. The zero-order valence-corrected chi connectivity index (χ0v) is 20.4. The molecule has 6 aliphatic rings. The molecular formula is C24H43N7O2. The molecule has 8 atom stereocenters. The Balaban J connectivity index is 1.02. The van der Waals surface area contributed by atoms with Gasteiger partial charge in [0.25, 0.3) is 0 Å². The van der Waals surface area contributed by atoms with Gasteiger partial charge in [-0.15, -0.1) is 0 Å². The predicted molar refractivity (Wildman–Crippen MR) is 126 cm³/mol. The summed E-state index contributed by atoms with van der Waals surface area (Å²) < 4.78 is 6.04. The van der Waals surface area contributed by atoms with Crippen molar-refractivity contribution in [2.45, 2.75) is 63.5 Å². The van der Waals surface area contributed by atoms with Crippen molar-refractivity contribution in [3.63, 3.8) is 0 Å². The molecule has 5 N–H and O–H groups in total. The van der Waals surface area contributed by atoms with Crippen molar-refractivity contribution >= 4 is 5.91 Å². The van der Waals surface area contributed by atoms with E-state index in [1.54, 1.807) is 0 Å². The Bertz CT molecular complexity index is 712. The number of hydrazine groups is 1. The van der Waals surface area contributed by atoms with Gasteiger partial charge in [-0.25, -0.2) is 5.01 Å². The first-order chi connectivity index (χ1) is 16.0. The van der Waals surface area contributed by atoms with Gasteiger partial charge < -0.3 is 15.4 Å². The van der Waals surface area contributed by atoms with E-state index in [9.17, 15) is 4.79 Å². The van der Waals surface area contributed by atoms with Crippen molar-refractivity contribution in [1.82, 2.24) is 36.6 Å². The highest BCUT2D eigenvalue weighted by Crippen LogP contribution is 2.59. The number of piperazine rings is 1. The lowest BCUT2D eigenvalue weighted by molar-refractivity contribution is -0.135. The number of ether oxygens (including phenoxy) is 1. The summed E-state index contributed by atoms with van der Waals surface area (Å²) in [4.78, 5) is 16.0. The van der Waals surface area contributed by atoms with E-state index < -0.39 is 0 Å². The molecule has 2 aliphatic carbocycles. The fraction of sp³-hybridized carbons (Fsp3) is 0.958. The van der Waals surface area contributed by atoms with Gasteiger partial charge in [0.2, 0.25) is 5.91 Å². The SMILES string of the molecule is CCOC1CC2NN(C)CC2CC1C(=O)NC1CNC(N2CC34CCCC3(CNC4)C2)CN1. The Morgan fingerprint density at radius 3 is 2.61 bits per heavy atom. The molecular weight excluding hydrogens is 418 g/mol. The van der Waals surface area contributed by atoms with Crippen LogP contribution in [0.15, 0.2) is 0 Å². The zero-order valence-electron chi connectivity index (χ0n) is 20.4. The van der Waals surface area contributed by atoms with E-state index in [-0.39, 0.29) is 24.1 Å². The number of likely N-dealkylation sites (tertiary alicyclic amines) is 1. The van der Waals surface area contributed by atoms with Gasteiger partial charge in [-0.3, -0.25) is 25.8 Å². The highest BCUT2D eigenvalue weighted by atomic mass is 16.5. The summed E-state index contributed by atoms with van der Waals surface area (Å²) in [5, 5.41) is 16.5. The molecule has 0 aromatic heterocycles. The van der Waals surface area contributed by atoms with E-state index in [1.165, 1.54) is 45.4 Å². The number of hydrogen-bond donors (Lipinski definition) is 5. The molecule has 4 heterocycles. The third kappa shape index (κ3) is 3.84. The predicted octanol–water partition coefficient (Wildman–Crippen LogP) is -0.727. The first kappa shape index (κ1) is 22.6. The number of fused-ring (bicyclic) bond motifs is 1. The molecule has 6 rings (SSSR count). The molecule has 0 radical (unpaired) electrons. The summed E-state index contributed by atoms with van der Waals surface area (Å²) in [5.74, 6) is 0.599. The minimum absolute atomic E-state index is 0.00455. The number of nitrogens with one attached hydrogen (secondary N) is 5. The third-order valence-electron chi connectivity index (χ3n) is 9.92. The molecule has 0 spiro atoms. The van der Waals surface area contributed by atoms with Gasteiger partial charge in [0.15, 0.2) is 0 Å². The highest BCUT2D eigenvalue weighted by Gasteiger charge is 2.63. The molecule has 8 unspecified atom stereocenters. The van der Waals surface area contributed by atoms with Crippen molar-refractivity contribution in [3.8, 4) is 0 Å². The Labute approximate surface area is 198 Å². The molecule has 9 heteroatoms. The van der Waals surface area contributed by atoms with Gasteiger partial charge >= 0.3 is 0 Å². The number of carbonyl (C=O) groups excluding carboxylic acids is 1. The lowest BCUT2D eigenvalue weighted by Gasteiger charge is -2.40. The van der Waals surface area contributed by atoms with Crippen LogP contribution in [0.3, 0.4) is 0 Å². The maximum absolute atomic E-state index is 13.3. The van der Waals surface area contributed by atoms with Crippen LogP contribution in [0.25, 0.3) is 0 Å². The average Bonchev–Trinajstić information content (AvgIpc) is 3.48. The molecule has 4 aliphatic heterocycles. The Hall–Kier alpha value is -0.810. The average molecular weight is 462 g/mol. The molecule has 33 heavy (non-hydrogen) atoms. The first-order valence-corrected chi connectivity index (χ1v) is 13.3. The summed E-state index contributed by atoms with van der Waals surface area (Å²) in [6, 6.07) is 0.430. The van der Waals surface area contributed by atoms with Crippen LogP contribution in [0.2, 0.25) is 0 Å². The molecule has 6 fully saturated rings. The molecule has 1 amide bonds. The van der Waals surface area contributed by atoms with Crippen LogP contribution in [0.5, 0.6) is 0 Å². The quantitative estimate of drug-likeness (QED) is 0.366. The van der Waals surface area contributed by atoms with E-state index in [1.807, 2.05) is 6.92 Å². The van der Waals surface area contributed by atoms with E-state index in [0.717, 1.165) is 32.5 Å². The molecule has 2 saturated carbocycles. The second-order valence-corrected chi connectivity index (χ2v) is 11.8. The van der Waals surface area contributed by atoms with Crippen LogP contribution in [0, 0.1) is 22.7 Å². The molecule has 4 saturated heterocycles. The fourth-order valence-corrected chi connectivity index (χ4v) is 8.31. The topological polar surface area (TPSA) is 92.9 Å². The van der Waals surface area contributed by atoms with Crippen LogP contribution >= 0.6 is 0 Å². The minimum Gasteiger partial charge on any atom is -0.378 e. The van der Waals surface area contributed by atoms with Crippen molar-refractivity contribution in [1.29, 1.82) is 0 Å². The van der Waals surface area contributed by atoms with Crippen LogP contribution in [-0.4, -0.2) is 99.8 Å². The van der Waals surface area contributed by atoms with Gasteiger partial charge in [-0.1, -0.05) is 6.42 Å². The number of nitrogens with zero attached hydrogens (tertiary/aromatic N) is 2. The fourth-order valence-electron chi connectivity index (χ4n) is 8.31. The largest absolute Gasteiger partial charge is 0.378 e. The minimum atomic E-state index is -0.0675. The molecule has 0 bridgehead atoms. The van der Waals surface area contributed by atoms with E-state index in [4.69, 9.17) is 4.74 Å². The van der Waals surface area contributed by atoms with Gasteiger partial charge in [0.05, 0.1) is 24.4 Å². The van der Waals surface area contributed by atoms with Crippen LogP contribution in [0.1, 0.15) is 39.0 Å². The van der Waals surface area contributed by atoms with Crippen molar-refractivity contribution in [2.24, 2.45) is 22.7 Å². The number of hydrogen-bond acceptors (Lipinski definition) is 8. The van der Waals surface area contributed by atoms with Gasteiger partial charge in [0, 0.05) is 76.3 Å². The number of amides is 1. The molecule has 0 aromatic carbocycles. The molecule has 0 aromatic rings. The van der Waals surface area contributed by atoms with E-state index in [2.05, 4.69) is 43.6 Å². The molecule has 186 valence electrons. The zero-order chi connectivity index (χ0) is 22.6. The lowest BCUT2D eigenvalue weighted by atomic mass is 9.71. The van der Waals surface area contributed by atoms with Gasteiger partial charge in [-0.2, -0.15) is 0 Å². The number of carbonyl (C=O) groups is 1. The van der Waals surface area contributed by atoms with E-state index in [0.29, 0.717) is 35.6 Å². The summed E-state index contributed by atoms with van der Waals surface area (Å²) in [5.41, 5.74) is 4.53. The van der Waals surface area contributed by atoms with Crippen molar-refractivity contribution < 1.29 is 9.53 Å². The highest BCUT2D eigenvalue weighted by molar-refractivity contribution is 5.79.